The molecule has 0 radical (unpaired) electrons. The zero-order chi connectivity index (χ0) is 10.8. The standard InChI is InChI=1S/C8H9BrN6/c1-11-7-5(9)6(10)13-8(14-7)15-4-2-3-12-15/h2-4H,1H3,(H3,10,11,13,14). The molecule has 0 amide bonds. The van der Waals surface area contributed by atoms with Crippen LogP contribution in [0.15, 0.2) is 22.9 Å². The quantitative estimate of drug-likeness (QED) is 0.851. The Labute approximate surface area is 94.7 Å². The smallest absolute Gasteiger partial charge is 0.254 e. The lowest BCUT2D eigenvalue weighted by Gasteiger charge is -2.07. The molecule has 0 aliphatic rings. The van der Waals surface area contributed by atoms with Gasteiger partial charge in [0.2, 0.25) is 0 Å². The van der Waals surface area contributed by atoms with Gasteiger partial charge in [-0.05, 0) is 22.0 Å². The van der Waals surface area contributed by atoms with Crippen LogP contribution >= 0.6 is 15.9 Å². The Hall–Kier alpha value is -1.63. The summed E-state index contributed by atoms with van der Waals surface area (Å²) in [6, 6.07) is 1.79. The number of halogens is 1. The fourth-order valence-electron chi connectivity index (χ4n) is 1.11. The maximum atomic E-state index is 5.72. The van der Waals surface area contributed by atoms with Gasteiger partial charge in [0.15, 0.2) is 0 Å². The zero-order valence-electron chi connectivity index (χ0n) is 7.98. The molecule has 0 saturated heterocycles. The third-order valence-corrected chi connectivity index (χ3v) is 2.59. The molecule has 78 valence electrons. The largest absolute Gasteiger partial charge is 0.383 e. The maximum Gasteiger partial charge on any atom is 0.254 e. The number of nitrogens with one attached hydrogen (secondary N) is 1. The molecule has 0 aliphatic carbocycles. The predicted molar refractivity (Wildman–Crippen MR) is 60.8 cm³/mol. The van der Waals surface area contributed by atoms with Crippen LogP contribution in [-0.2, 0) is 0 Å². The first kappa shape index (κ1) is 9.91. The number of aromatic nitrogens is 4. The van der Waals surface area contributed by atoms with Crippen molar-refractivity contribution in [2.45, 2.75) is 0 Å². The minimum absolute atomic E-state index is 0.375. The van der Waals surface area contributed by atoms with Crippen LogP contribution in [0.1, 0.15) is 0 Å². The Bertz CT molecular complexity index is 466. The highest BCUT2D eigenvalue weighted by Gasteiger charge is 2.09. The second kappa shape index (κ2) is 3.85. The Kier molecular flexibility index (Phi) is 2.55. The van der Waals surface area contributed by atoms with E-state index < -0.39 is 0 Å². The van der Waals surface area contributed by atoms with Gasteiger partial charge in [-0.1, -0.05) is 0 Å². The van der Waals surface area contributed by atoms with Crippen LogP contribution in [0.2, 0.25) is 0 Å². The molecule has 0 aliphatic heterocycles. The summed E-state index contributed by atoms with van der Waals surface area (Å²) in [7, 11) is 1.76. The molecular weight excluding hydrogens is 260 g/mol. The van der Waals surface area contributed by atoms with Crippen molar-refractivity contribution < 1.29 is 0 Å². The average Bonchev–Trinajstić information content (AvgIpc) is 2.75. The lowest BCUT2D eigenvalue weighted by molar-refractivity contribution is 0.810. The highest BCUT2D eigenvalue weighted by molar-refractivity contribution is 9.10. The van der Waals surface area contributed by atoms with Crippen LogP contribution in [0.3, 0.4) is 0 Å². The molecule has 15 heavy (non-hydrogen) atoms. The van der Waals surface area contributed by atoms with Crippen molar-refractivity contribution >= 4 is 27.6 Å². The number of hydrogen-bond donors (Lipinski definition) is 2. The van der Waals surface area contributed by atoms with Crippen LogP contribution in [-0.4, -0.2) is 26.8 Å². The molecule has 0 spiro atoms. The van der Waals surface area contributed by atoms with Gasteiger partial charge < -0.3 is 11.1 Å². The number of nitrogen functional groups attached to an aromatic ring is 1. The second-order valence-corrected chi connectivity index (χ2v) is 3.57. The minimum Gasteiger partial charge on any atom is -0.383 e. The van der Waals surface area contributed by atoms with Crippen LogP contribution in [0, 0.1) is 0 Å². The predicted octanol–water partition coefficient (Wildman–Crippen LogP) is 1.05. The fourth-order valence-corrected chi connectivity index (χ4v) is 1.48. The first-order valence-electron chi connectivity index (χ1n) is 4.23. The molecule has 2 rings (SSSR count). The van der Waals surface area contributed by atoms with E-state index in [0.29, 0.717) is 22.1 Å². The third-order valence-electron chi connectivity index (χ3n) is 1.81. The molecule has 0 atom stereocenters. The molecule has 3 N–H and O–H groups in total. The lowest BCUT2D eigenvalue weighted by atomic mass is 10.5. The van der Waals surface area contributed by atoms with Gasteiger partial charge in [0.05, 0.1) is 0 Å². The molecule has 2 aromatic heterocycles. The monoisotopic (exact) mass is 268 g/mol. The maximum absolute atomic E-state index is 5.72. The van der Waals surface area contributed by atoms with Crippen LogP contribution in [0.4, 0.5) is 11.6 Å². The molecular formula is C8H9BrN6. The summed E-state index contributed by atoms with van der Waals surface area (Å²) in [5.74, 6) is 1.44. The van der Waals surface area contributed by atoms with Gasteiger partial charge in [-0.25, -0.2) is 4.68 Å². The van der Waals surface area contributed by atoms with E-state index in [0.717, 1.165) is 0 Å². The van der Waals surface area contributed by atoms with Crippen LogP contribution in [0.25, 0.3) is 5.95 Å². The Morgan fingerprint density at radius 3 is 2.87 bits per heavy atom. The van der Waals surface area contributed by atoms with Crippen molar-refractivity contribution in [2.75, 3.05) is 18.1 Å². The van der Waals surface area contributed by atoms with Gasteiger partial charge in [-0.2, -0.15) is 15.1 Å². The van der Waals surface area contributed by atoms with Gasteiger partial charge in [-0.15, -0.1) is 0 Å². The van der Waals surface area contributed by atoms with Crippen molar-refractivity contribution in [3.05, 3.63) is 22.9 Å². The Balaban J connectivity index is 2.55. The highest BCUT2D eigenvalue weighted by atomic mass is 79.9. The number of nitrogens with two attached hydrogens (primary N) is 1. The molecule has 2 aromatic rings. The molecule has 6 nitrogen and oxygen atoms in total. The topological polar surface area (TPSA) is 81.7 Å². The van der Waals surface area contributed by atoms with Crippen molar-refractivity contribution in [3.8, 4) is 5.95 Å². The van der Waals surface area contributed by atoms with Crippen LogP contribution < -0.4 is 11.1 Å². The Morgan fingerprint density at radius 2 is 2.27 bits per heavy atom. The summed E-state index contributed by atoms with van der Waals surface area (Å²) >= 11 is 3.30. The van der Waals surface area contributed by atoms with Crippen molar-refractivity contribution in [2.24, 2.45) is 0 Å². The summed E-state index contributed by atoms with van der Waals surface area (Å²) in [6.45, 7) is 0. The van der Waals surface area contributed by atoms with E-state index >= 15 is 0 Å². The molecule has 0 aromatic carbocycles. The Morgan fingerprint density at radius 1 is 1.47 bits per heavy atom. The summed E-state index contributed by atoms with van der Waals surface area (Å²) in [4.78, 5) is 8.35. The van der Waals surface area contributed by atoms with Gasteiger partial charge in [0.25, 0.3) is 5.95 Å². The summed E-state index contributed by atoms with van der Waals surface area (Å²) < 4.78 is 2.20. The van der Waals surface area contributed by atoms with E-state index in [1.165, 1.54) is 0 Å². The van der Waals surface area contributed by atoms with Crippen molar-refractivity contribution in [3.63, 3.8) is 0 Å². The molecule has 2 heterocycles. The summed E-state index contributed by atoms with van der Waals surface area (Å²) in [5.41, 5.74) is 5.72. The van der Waals surface area contributed by atoms with E-state index in [9.17, 15) is 0 Å². The second-order valence-electron chi connectivity index (χ2n) is 2.77. The highest BCUT2D eigenvalue weighted by Crippen LogP contribution is 2.25. The molecule has 0 fully saturated rings. The number of anilines is 2. The fraction of sp³-hybridized carbons (Fsp3) is 0.125. The van der Waals surface area contributed by atoms with E-state index in [1.54, 1.807) is 30.2 Å². The normalized spacial score (nSPS) is 10.3. The average molecular weight is 269 g/mol. The van der Waals surface area contributed by atoms with E-state index in [-0.39, 0.29) is 0 Å². The summed E-state index contributed by atoms with van der Waals surface area (Å²) in [5, 5.41) is 6.95. The molecule has 0 bridgehead atoms. The number of hydrogen-bond acceptors (Lipinski definition) is 5. The summed E-state index contributed by atoms with van der Waals surface area (Å²) in [6.07, 6.45) is 3.41. The first-order chi connectivity index (χ1) is 7.22. The van der Waals surface area contributed by atoms with E-state index in [1.807, 2.05) is 0 Å². The van der Waals surface area contributed by atoms with E-state index in [4.69, 9.17) is 5.73 Å². The molecule has 0 unspecified atom stereocenters. The molecule has 0 saturated carbocycles. The van der Waals surface area contributed by atoms with Crippen molar-refractivity contribution in [1.29, 1.82) is 0 Å². The minimum atomic E-state index is 0.375. The van der Waals surface area contributed by atoms with Crippen LogP contribution in [0.5, 0.6) is 0 Å². The van der Waals surface area contributed by atoms with Crippen molar-refractivity contribution in [1.82, 2.24) is 19.7 Å². The molecule has 7 heteroatoms. The van der Waals surface area contributed by atoms with Gasteiger partial charge in [0, 0.05) is 19.4 Å². The van der Waals surface area contributed by atoms with Gasteiger partial charge >= 0.3 is 0 Å². The third kappa shape index (κ3) is 1.78. The number of nitrogens with zero attached hydrogens (tertiary/aromatic N) is 4. The SMILES string of the molecule is CNc1nc(-n2cccn2)nc(N)c1Br. The van der Waals surface area contributed by atoms with E-state index in [2.05, 4.69) is 36.3 Å². The number of rotatable bonds is 2. The van der Waals surface area contributed by atoms with Gasteiger partial charge in [-0.3, -0.25) is 0 Å². The lowest BCUT2D eigenvalue weighted by Crippen LogP contribution is -2.08. The first-order valence-corrected chi connectivity index (χ1v) is 5.02. The zero-order valence-corrected chi connectivity index (χ0v) is 9.56. The van der Waals surface area contributed by atoms with Gasteiger partial charge in [0.1, 0.15) is 16.1 Å².